The first-order chi connectivity index (χ1) is 18.6. The molecule has 39 heavy (non-hydrogen) atoms. The Labute approximate surface area is 229 Å². The van der Waals surface area contributed by atoms with Crippen LogP contribution < -0.4 is 16.1 Å². The number of nitrogens with zero attached hydrogens (tertiary/aromatic N) is 4. The van der Waals surface area contributed by atoms with E-state index in [1.165, 1.54) is 12.3 Å². The Hall–Kier alpha value is -3.39. The van der Waals surface area contributed by atoms with Crippen LogP contribution in [0.2, 0.25) is 0 Å². The van der Waals surface area contributed by atoms with Crippen LogP contribution in [-0.4, -0.2) is 48.0 Å². The number of halogens is 3. The summed E-state index contributed by atoms with van der Waals surface area (Å²) in [5.74, 6) is -0.420. The molecule has 1 fully saturated rings. The number of hydrogen-bond donors (Lipinski definition) is 2. The van der Waals surface area contributed by atoms with Crippen LogP contribution in [0.1, 0.15) is 71.9 Å². The van der Waals surface area contributed by atoms with E-state index in [-0.39, 0.29) is 36.7 Å². The molecule has 1 radical (unpaired) electrons. The number of rotatable bonds is 9. The zero-order chi connectivity index (χ0) is 29.2. The Balaban J connectivity index is 0.00000260. The second kappa shape index (κ2) is 14.7. The maximum atomic E-state index is 13.3. The van der Waals surface area contributed by atoms with Crippen LogP contribution in [0, 0.1) is 17.2 Å². The molecule has 1 atom stereocenters. The molecule has 0 bridgehead atoms. The quantitative estimate of drug-likeness (QED) is 0.267. The molecule has 1 aromatic heterocycles. The van der Waals surface area contributed by atoms with E-state index >= 15 is 0 Å². The summed E-state index contributed by atoms with van der Waals surface area (Å²) >= 11 is 0. The van der Waals surface area contributed by atoms with Crippen LogP contribution in [0.3, 0.4) is 0 Å². The van der Waals surface area contributed by atoms with E-state index in [1.807, 2.05) is 31.7 Å². The van der Waals surface area contributed by atoms with Gasteiger partial charge in [0.15, 0.2) is 5.69 Å². The van der Waals surface area contributed by atoms with Gasteiger partial charge in [-0.3, -0.25) is 4.79 Å². The Morgan fingerprint density at radius 2 is 2.05 bits per heavy atom. The number of pyridine rings is 1. The molecule has 0 aliphatic heterocycles. The molecule has 0 spiro atoms. The van der Waals surface area contributed by atoms with Crippen molar-refractivity contribution in [1.82, 2.24) is 4.98 Å². The van der Waals surface area contributed by atoms with Crippen molar-refractivity contribution in [3.63, 3.8) is 0 Å². The van der Waals surface area contributed by atoms with E-state index in [0.717, 1.165) is 38.4 Å². The Kier molecular flexibility index (Phi) is 12.0. The number of nitriles is 1. The summed E-state index contributed by atoms with van der Waals surface area (Å²) in [7, 11) is 0.884. The summed E-state index contributed by atoms with van der Waals surface area (Å²) in [5.41, 5.74) is 7.80. The first-order valence-electron chi connectivity index (χ1n) is 13.3. The van der Waals surface area contributed by atoms with Gasteiger partial charge in [-0.05, 0) is 62.0 Å². The minimum Gasteiger partial charge on any atom is -0.450 e. The lowest BCUT2D eigenvalue weighted by Crippen LogP contribution is -2.37. The van der Waals surface area contributed by atoms with Crippen LogP contribution in [-0.2, 0) is 4.79 Å². The van der Waals surface area contributed by atoms with Crippen LogP contribution >= 0.6 is 0 Å². The molecular formula is C28H36BF3N5O2. The molecule has 2 aliphatic carbocycles. The number of carbonyl (C=O) groups is 1. The van der Waals surface area contributed by atoms with Gasteiger partial charge in [-0.25, -0.2) is 4.98 Å². The summed E-state index contributed by atoms with van der Waals surface area (Å²) in [6.45, 7) is 8.27. The van der Waals surface area contributed by atoms with Crippen LogP contribution in [0.5, 0.6) is 0 Å². The van der Waals surface area contributed by atoms with Crippen molar-refractivity contribution in [3.8, 4) is 6.07 Å². The van der Waals surface area contributed by atoms with Gasteiger partial charge in [0.25, 0.3) is 0 Å². The molecule has 0 aromatic carbocycles. The van der Waals surface area contributed by atoms with E-state index in [9.17, 15) is 28.3 Å². The fourth-order valence-corrected chi connectivity index (χ4v) is 4.37. The Morgan fingerprint density at radius 3 is 2.62 bits per heavy atom. The summed E-state index contributed by atoms with van der Waals surface area (Å²) in [6, 6.07) is 3.26. The summed E-state index contributed by atoms with van der Waals surface area (Å²) in [6.07, 6.45) is 3.72. The van der Waals surface area contributed by atoms with E-state index < -0.39 is 23.7 Å². The maximum Gasteiger partial charge on any atom is 0.412 e. The standard InChI is InChI=1S/C26H30BF3N5O2.C2H6/c1-3-11-35(23-13-19(27-37)15-33-22(23)14-31)16(2)12-24(36)34-25(32)21-10-9-18(26(28,29)30)5-4-6-20(21)17-7-8-17;1-2/h6,9-10,13,15-17,37H,3-5,7-8,11-12H2,1-2H3,(H2,32,34,36);1-2H3/b18-9+,20-6-,21-10+;. The van der Waals surface area contributed by atoms with Gasteiger partial charge in [-0.15, -0.1) is 0 Å². The molecular weight excluding hydrogens is 506 g/mol. The van der Waals surface area contributed by atoms with E-state index in [0.29, 0.717) is 23.3 Å². The lowest BCUT2D eigenvalue weighted by molar-refractivity contribution is -0.118. The SMILES string of the molecule is CC.CCCN(c1cc([B]O)cnc1C#N)C(C)CC(=O)N=C(N)C1=C/C=C(/C(F)(F)F)CC/C=C\1C1CC1. The first kappa shape index (κ1) is 31.8. The number of alkyl halides is 3. The molecule has 1 aromatic rings. The summed E-state index contributed by atoms with van der Waals surface area (Å²) in [4.78, 5) is 22.9. The third kappa shape index (κ3) is 8.82. The first-order valence-corrected chi connectivity index (χ1v) is 13.3. The average molecular weight is 542 g/mol. The van der Waals surface area contributed by atoms with Gasteiger partial charge in [0, 0.05) is 36.4 Å². The van der Waals surface area contributed by atoms with Crippen LogP contribution in [0.25, 0.3) is 0 Å². The van der Waals surface area contributed by atoms with Gasteiger partial charge in [0.1, 0.15) is 11.9 Å². The smallest absolute Gasteiger partial charge is 0.412 e. The predicted molar refractivity (Wildman–Crippen MR) is 149 cm³/mol. The molecule has 7 nitrogen and oxygen atoms in total. The second-order valence-corrected chi connectivity index (χ2v) is 9.26. The highest BCUT2D eigenvalue weighted by atomic mass is 19.4. The van der Waals surface area contributed by atoms with Gasteiger partial charge in [0.05, 0.1) is 5.69 Å². The van der Waals surface area contributed by atoms with Gasteiger partial charge in [-0.1, -0.05) is 39.0 Å². The van der Waals surface area contributed by atoms with Crippen LogP contribution in [0.4, 0.5) is 18.9 Å². The van der Waals surface area contributed by atoms with Crippen molar-refractivity contribution >= 4 is 30.4 Å². The third-order valence-corrected chi connectivity index (χ3v) is 6.36. The Bertz CT molecular complexity index is 1180. The highest BCUT2D eigenvalue weighted by Crippen LogP contribution is 2.42. The molecule has 209 valence electrons. The average Bonchev–Trinajstić information content (AvgIpc) is 3.72. The summed E-state index contributed by atoms with van der Waals surface area (Å²) < 4.78 is 39.9. The van der Waals surface area contributed by atoms with E-state index in [1.54, 1.807) is 19.1 Å². The molecule has 2 aliphatic rings. The number of carbonyl (C=O) groups excluding carboxylic acids is 1. The van der Waals surface area contributed by atoms with Crippen molar-refractivity contribution in [3.05, 3.63) is 52.9 Å². The molecule has 11 heteroatoms. The van der Waals surface area contributed by atoms with Crippen molar-refractivity contribution in [1.29, 1.82) is 5.26 Å². The zero-order valence-electron chi connectivity index (χ0n) is 22.9. The van der Waals surface area contributed by atoms with E-state index in [2.05, 4.69) is 9.98 Å². The molecule has 1 saturated carbocycles. The summed E-state index contributed by atoms with van der Waals surface area (Å²) in [5, 5.41) is 18.9. The highest BCUT2D eigenvalue weighted by molar-refractivity contribution is 6.45. The monoisotopic (exact) mass is 542 g/mol. The van der Waals surface area contributed by atoms with Crippen LogP contribution in [0.15, 0.2) is 52.2 Å². The van der Waals surface area contributed by atoms with Crippen molar-refractivity contribution in [2.24, 2.45) is 16.6 Å². The van der Waals surface area contributed by atoms with Crippen molar-refractivity contribution < 1.29 is 23.0 Å². The number of anilines is 1. The molecule has 3 N–H and O–H groups in total. The lowest BCUT2D eigenvalue weighted by atomic mass is 9.89. The number of allylic oxidation sites excluding steroid dienone is 4. The van der Waals surface area contributed by atoms with Gasteiger partial charge < -0.3 is 15.7 Å². The molecule has 1 amide bonds. The van der Waals surface area contributed by atoms with Crippen molar-refractivity contribution in [2.45, 2.75) is 78.4 Å². The number of hydrogen-bond acceptors (Lipinski definition) is 5. The normalized spacial score (nSPS) is 20.7. The Morgan fingerprint density at radius 1 is 1.36 bits per heavy atom. The number of nitrogens with two attached hydrogens (primary N) is 1. The minimum atomic E-state index is -4.44. The number of aliphatic imine (C=N–C) groups is 1. The lowest BCUT2D eigenvalue weighted by Gasteiger charge is -2.31. The van der Waals surface area contributed by atoms with Gasteiger partial charge in [-0.2, -0.15) is 23.4 Å². The minimum absolute atomic E-state index is 0.0436. The number of amidine groups is 1. The number of aromatic nitrogens is 1. The van der Waals surface area contributed by atoms with Crippen molar-refractivity contribution in [2.75, 3.05) is 11.4 Å². The predicted octanol–water partition coefficient (Wildman–Crippen LogP) is 4.64. The topological polar surface area (TPSA) is 116 Å². The maximum absolute atomic E-state index is 13.3. The fourth-order valence-electron chi connectivity index (χ4n) is 4.37. The second-order valence-electron chi connectivity index (χ2n) is 9.26. The highest BCUT2D eigenvalue weighted by Gasteiger charge is 2.34. The largest absolute Gasteiger partial charge is 0.450 e. The van der Waals surface area contributed by atoms with Gasteiger partial charge >= 0.3 is 13.7 Å². The molecule has 3 rings (SSSR count). The zero-order valence-corrected chi connectivity index (χ0v) is 22.9. The van der Waals surface area contributed by atoms with Gasteiger partial charge in [0.2, 0.25) is 5.91 Å². The van der Waals surface area contributed by atoms with E-state index in [4.69, 9.17) is 5.73 Å². The third-order valence-electron chi connectivity index (χ3n) is 6.36. The molecule has 1 heterocycles. The fraction of sp³-hybridized carbons (Fsp3) is 0.500. The number of amides is 1. The molecule has 1 unspecified atom stereocenters. The molecule has 0 saturated heterocycles.